The van der Waals surface area contributed by atoms with E-state index in [1.54, 1.807) is 0 Å². The summed E-state index contributed by atoms with van der Waals surface area (Å²) in [6.07, 6.45) is 1.13. The van der Waals surface area contributed by atoms with Crippen molar-refractivity contribution in [1.82, 2.24) is 0 Å². The minimum atomic E-state index is 0.391. The first-order valence-corrected chi connectivity index (χ1v) is 4.33. The average molecular weight is 156 g/mol. The first-order chi connectivity index (χ1) is 5.04. The molecule has 0 aromatic carbocycles. The van der Waals surface area contributed by atoms with Crippen LogP contribution in [-0.2, 0) is 0 Å². The topological polar surface area (TPSA) is 38.4 Å². The number of nitrogens with zero attached hydrogens (tertiary/aromatic N) is 1. The fourth-order valence-corrected chi connectivity index (χ4v) is 0.634. The van der Waals surface area contributed by atoms with Crippen molar-refractivity contribution in [2.24, 2.45) is 22.6 Å². The van der Waals surface area contributed by atoms with Crippen LogP contribution in [0.15, 0.2) is 4.99 Å². The van der Waals surface area contributed by atoms with Gasteiger partial charge in [0.2, 0.25) is 0 Å². The van der Waals surface area contributed by atoms with E-state index in [-0.39, 0.29) is 0 Å². The molecular weight excluding hydrogens is 136 g/mol. The molecule has 0 aliphatic carbocycles. The van der Waals surface area contributed by atoms with E-state index >= 15 is 0 Å². The van der Waals surface area contributed by atoms with E-state index in [4.69, 9.17) is 5.73 Å². The number of amidine groups is 1. The summed E-state index contributed by atoms with van der Waals surface area (Å²) < 4.78 is 0. The van der Waals surface area contributed by atoms with Gasteiger partial charge in [-0.1, -0.05) is 27.7 Å². The molecular formula is C9H20N2. The molecule has 0 atom stereocenters. The quantitative estimate of drug-likeness (QED) is 0.491. The third-order valence-electron chi connectivity index (χ3n) is 1.59. The molecule has 0 fully saturated rings. The van der Waals surface area contributed by atoms with E-state index in [0.717, 1.165) is 24.7 Å². The van der Waals surface area contributed by atoms with Crippen LogP contribution in [0.1, 0.15) is 34.1 Å². The maximum absolute atomic E-state index is 5.65. The van der Waals surface area contributed by atoms with Crippen LogP contribution in [0.4, 0.5) is 0 Å². The fourth-order valence-electron chi connectivity index (χ4n) is 0.634. The third kappa shape index (κ3) is 5.89. The SMILES string of the molecule is CC(C)CCN=C(N)C(C)C. The van der Waals surface area contributed by atoms with Crippen LogP contribution in [0, 0.1) is 11.8 Å². The van der Waals surface area contributed by atoms with E-state index in [1.807, 2.05) is 0 Å². The van der Waals surface area contributed by atoms with Gasteiger partial charge in [-0.2, -0.15) is 0 Å². The summed E-state index contributed by atoms with van der Waals surface area (Å²) in [5, 5.41) is 0. The molecule has 0 aliphatic rings. The highest BCUT2D eigenvalue weighted by molar-refractivity contribution is 5.82. The van der Waals surface area contributed by atoms with Crippen molar-refractivity contribution in [3.05, 3.63) is 0 Å². The Labute approximate surface area is 69.9 Å². The predicted octanol–water partition coefficient (Wildman–Crippen LogP) is 2.05. The van der Waals surface area contributed by atoms with Crippen molar-refractivity contribution in [3.8, 4) is 0 Å². The van der Waals surface area contributed by atoms with Gasteiger partial charge in [-0.05, 0) is 12.3 Å². The molecule has 0 radical (unpaired) electrons. The summed E-state index contributed by atoms with van der Waals surface area (Å²) in [6.45, 7) is 9.40. The maximum Gasteiger partial charge on any atom is 0.0962 e. The van der Waals surface area contributed by atoms with Crippen LogP contribution in [-0.4, -0.2) is 12.4 Å². The van der Waals surface area contributed by atoms with Crippen molar-refractivity contribution in [1.29, 1.82) is 0 Å². The summed E-state index contributed by atoms with van der Waals surface area (Å²) in [5.74, 6) is 1.89. The summed E-state index contributed by atoms with van der Waals surface area (Å²) in [7, 11) is 0. The van der Waals surface area contributed by atoms with Gasteiger partial charge in [0.1, 0.15) is 0 Å². The highest BCUT2D eigenvalue weighted by Crippen LogP contribution is 1.99. The van der Waals surface area contributed by atoms with Crippen molar-refractivity contribution in [2.75, 3.05) is 6.54 Å². The normalized spacial score (nSPS) is 13.1. The van der Waals surface area contributed by atoms with Gasteiger partial charge in [-0.3, -0.25) is 4.99 Å². The fraction of sp³-hybridized carbons (Fsp3) is 0.889. The van der Waals surface area contributed by atoms with Crippen molar-refractivity contribution < 1.29 is 0 Å². The van der Waals surface area contributed by atoms with Crippen LogP contribution in [0.3, 0.4) is 0 Å². The largest absolute Gasteiger partial charge is 0.387 e. The zero-order valence-electron chi connectivity index (χ0n) is 8.09. The monoisotopic (exact) mass is 156 g/mol. The standard InChI is InChI=1S/C9H20N2/c1-7(2)5-6-11-9(10)8(3)4/h7-8H,5-6H2,1-4H3,(H2,10,11). The zero-order valence-corrected chi connectivity index (χ0v) is 8.09. The Morgan fingerprint density at radius 2 is 1.82 bits per heavy atom. The lowest BCUT2D eigenvalue weighted by atomic mass is 10.1. The van der Waals surface area contributed by atoms with Gasteiger partial charge in [0.05, 0.1) is 5.84 Å². The lowest BCUT2D eigenvalue weighted by Gasteiger charge is -2.04. The molecule has 0 saturated heterocycles. The Kier molecular flexibility index (Phi) is 4.92. The first kappa shape index (κ1) is 10.5. The number of aliphatic imine (C=N–C) groups is 1. The van der Waals surface area contributed by atoms with Crippen LogP contribution in [0.2, 0.25) is 0 Å². The van der Waals surface area contributed by atoms with Gasteiger partial charge in [-0.15, -0.1) is 0 Å². The molecule has 2 N–H and O–H groups in total. The van der Waals surface area contributed by atoms with E-state index in [1.165, 1.54) is 0 Å². The van der Waals surface area contributed by atoms with Crippen molar-refractivity contribution >= 4 is 5.84 Å². The predicted molar refractivity (Wildman–Crippen MR) is 50.8 cm³/mol. The Morgan fingerprint density at radius 3 is 2.18 bits per heavy atom. The minimum absolute atomic E-state index is 0.391. The van der Waals surface area contributed by atoms with Gasteiger partial charge < -0.3 is 5.73 Å². The molecule has 0 unspecified atom stereocenters. The molecule has 2 heteroatoms. The highest BCUT2D eigenvalue weighted by atomic mass is 14.8. The second-order valence-corrected chi connectivity index (χ2v) is 3.64. The molecule has 66 valence electrons. The molecule has 0 rings (SSSR count). The number of rotatable bonds is 4. The maximum atomic E-state index is 5.65. The third-order valence-corrected chi connectivity index (χ3v) is 1.59. The Morgan fingerprint density at radius 1 is 1.27 bits per heavy atom. The van der Waals surface area contributed by atoms with Crippen LogP contribution in [0.25, 0.3) is 0 Å². The van der Waals surface area contributed by atoms with E-state index < -0.39 is 0 Å². The molecule has 0 aromatic heterocycles. The molecule has 11 heavy (non-hydrogen) atoms. The first-order valence-electron chi connectivity index (χ1n) is 4.33. The summed E-state index contributed by atoms with van der Waals surface area (Å²) in [6, 6.07) is 0. The average Bonchev–Trinajstić information content (AvgIpc) is 1.86. The van der Waals surface area contributed by atoms with Gasteiger partial charge >= 0.3 is 0 Å². The second kappa shape index (κ2) is 5.16. The lowest BCUT2D eigenvalue weighted by molar-refractivity contribution is 0.595. The Hall–Kier alpha value is -0.530. The highest BCUT2D eigenvalue weighted by Gasteiger charge is 1.98. The minimum Gasteiger partial charge on any atom is -0.387 e. The van der Waals surface area contributed by atoms with Crippen LogP contribution >= 0.6 is 0 Å². The molecule has 0 aliphatic heterocycles. The summed E-state index contributed by atoms with van der Waals surface area (Å²) in [4.78, 5) is 4.26. The lowest BCUT2D eigenvalue weighted by Crippen LogP contribution is -2.19. The van der Waals surface area contributed by atoms with Gasteiger partial charge in [0.25, 0.3) is 0 Å². The molecule has 0 spiro atoms. The summed E-state index contributed by atoms with van der Waals surface area (Å²) in [5.41, 5.74) is 5.65. The second-order valence-electron chi connectivity index (χ2n) is 3.64. The molecule has 0 heterocycles. The molecule has 0 aromatic rings. The van der Waals surface area contributed by atoms with E-state index in [9.17, 15) is 0 Å². The smallest absolute Gasteiger partial charge is 0.0962 e. The van der Waals surface area contributed by atoms with Gasteiger partial charge in [0.15, 0.2) is 0 Å². The Bertz CT molecular complexity index is 126. The number of hydrogen-bond acceptors (Lipinski definition) is 1. The Balaban J connectivity index is 3.57. The zero-order chi connectivity index (χ0) is 8.85. The molecule has 0 amide bonds. The van der Waals surface area contributed by atoms with Crippen molar-refractivity contribution in [3.63, 3.8) is 0 Å². The number of nitrogens with two attached hydrogens (primary N) is 1. The van der Waals surface area contributed by atoms with E-state index in [0.29, 0.717) is 5.92 Å². The van der Waals surface area contributed by atoms with Gasteiger partial charge in [0, 0.05) is 12.5 Å². The van der Waals surface area contributed by atoms with Crippen LogP contribution in [0.5, 0.6) is 0 Å². The van der Waals surface area contributed by atoms with E-state index in [2.05, 4.69) is 32.7 Å². The van der Waals surface area contributed by atoms with Crippen LogP contribution < -0.4 is 5.73 Å². The van der Waals surface area contributed by atoms with Gasteiger partial charge in [-0.25, -0.2) is 0 Å². The van der Waals surface area contributed by atoms with Crippen molar-refractivity contribution in [2.45, 2.75) is 34.1 Å². The number of hydrogen-bond donors (Lipinski definition) is 1. The molecule has 0 bridgehead atoms. The summed E-state index contributed by atoms with van der Waals surface area (Å²) >= 11 is 0. The molecule has 2 nitrogen and oxygen atoms in total. The molecule has 0 saturated carbocycles.